The van der Waals surface area contributed by atoms with Crippen LogP contribution in [-0.4, -0.2) is 11.3 Å². The molecule has 0 radical (unpaired) electrons. The summed E-state index contributed by atoms with van der Waals surface area (Å²) in [6.45, 7) is 0. The first-order chi connectivity index (χ1) is 12.3. The van der Waals surface area contributed by atoms with Gasteiger partial charge in [0.05, 0.1) is 5.69 Å². The molecule has 0 aromatic heterocycles. The Morgan fingerprint density at radius 1 is 0.720 bits per heavy atom. The van der Waals surface area contributed by atoms with Gasteiger partial charge in [0, 0.05) is 17.3 Å². The van der Waals surface area contributed by atoms with Gasteiger partial charge in [-0.25, -0.2) is 0 Å². The van der Waals surface area contributed by atoms with E-state index in [4.69, 9.17) is 0 Å². The van der Waals surface area contributed by atoms with Crippen molar-refractivity contribution >= 4 is 22.7 Å². The van der Waals surface area contributed by atoms with Crippen LogP contribution in [0.4, 0.5) is 5.69 Å². The molecule has 0 spiro atoms. The van der Waals surface area contributed by atoms with Crippen LogP contribution in [0.25, 0.3) is 21.9 Å². The van der Waals surface area contributed by atoms with Gasteiger partial charge < -0.3 is 5.11 Å². The van der Waals surface area contributed by atoms with E-state index in [0.29, 0.717) is 5.56 Å². The SMILES string of the molecule is Oc1c(/C=N/c2ccccc2)cc2ccccc2c1-c1ccccc1. The number of hydrogen-bond donors (Lipinski definition) is 1. The van der Waals surface area contributed by atoms with Gasteiger partial charge in [0.1, 0.15) is 5.75 Å². The summed E-state index contributed by atoms with van der Waals surface area (Å²) in [5.74, 6) is 0.254. The minimum absolute atomic E-state index is 0.254. The maximum absolute atomic E-state index is 10.9. The van der Waals surface area contributed by atoms with Crippen molar-refractivity contribution in [2.75, 3.05) is 0 Å². The summed E-state index contributed by atoms with van der Waals surface area (Å²) in [6, 6.07) is 29.8. The van der Waals surface area contributed by atoms with Crippen molar-refractivity contribution in [3.63, 3.8) is 0 Å². The fourth-order valence-electron chi connectivity index (χ4n) is 3.01. The molecule has 0 unspecified atom stereocenters. The van der Waals surface area contributed by atoms with Gasteiger partial charge in [-0.15, -0.1) is 0 Å². The van der Waals surface area contributed by atoms with Gasteiger partial charge in [-0.05, 0) is 34.5 Å². The summed E-state index contributed by atoms with van der Waals surface area (Å²) in [7, 11) is 0. The molecule has 0 saturated carbocycles. The molecule has 120 valence electrons. The highest BCUT2D eigenvalue weighted by molar-refractivity contribution is 6.05. The summed E-state index contributed by atoms with van der Waals surface area (Å²) in [5.41, 5.74) is 3.40. The number of fused-ring (bicyclic) bond motifs is 1. The van der Waals surface area contributed by atoms with Crippen molar-refractivity contribution < 1.29 is 5.11 Å². The van der Waals surface area contributed by atoms with Crippen LogP contribution in [0.5, 0.6) is 5.75 Å². The van der Waals surface area contributed by atoms with Gasteiger partial charge in [0.15, 0.2) is 0 Å². The van der Waals surface area contributed by atoms with E-state index in [1.807, 2.05) is 84.9 Å². The van der Waals surface area contributed by atoms with Crippen LogP contribution in [0.3, 0.4) is 0 Å². The average Bonchev–Trinajstić information content (AvgIpc) is 2.68. The molecule has 25 heavy (non-hydrogen) atoms. The van der Waals surface area contributed by atoms with E-state index in [9.17, 15) is 5.11 Å². The lowest BCUT2D eigenvalue weighted by molar-refractivity contribution is 0.477. The van der Waals surface area contributed by atoms with Gasteiger partial charge in [-0.2, -0.15) is 0 Å². The Morgan fingerprint density at radius 3 is 2.12 bits per heavy atom. The Bertz CT molecular complexity index is 1040. The number of aliphatic imine (C=N–C) groups is 1. The highest BCUT2D eigenvalue weighted by Gasteiger charge is 2.13. The van der Waals surface area contributed by atoms with Crippen LogP contribution < -0.4 is 0 Å². The monoisotopic (exact) mass is 323 g/mol. The zero-order valence-electron chi connectivity index (χ0n) is 13.6. The van der Waals surface area contributed by atoms with Crippen LogP contribution in [0.1, 0.15) is 5.56 Å². The van der Waals surface area contributed by atoms with Gasteiger partial charge in [-0.1, -0.05) is 72.8 Å². The molecular formula is C23H17NO. The van der Waals surface area contributed by atoms with Crippen LogP contribution in [0.15, 0.2) is 96.0 Å². The van der Waals surface area contributed by atoms with Crippen molar-refractivity contribution in [2.45, 2.75) is 0 Å². The molecule has 0 bridgehead atoms. The van der Waals surface area contributed by atoms with Crippen molar-refractivity contribution in [2.24, 2.45) is 4.99 Å². The number of para-hydroxylation sites is 1. The van der Waals surface area contributed by atoms with Gasteiger partial charge in [0.25, 0.3) is 0 Å². The first-order valence-electron chi connectivity index (χ1n) is 8.22. The van der Waals surface area contributed by atoms with Crippen molar-refractivity contribution in [3.8, 4) is 16.9 Å². The number of benzene rings is 4. The zero-order valence-corrected chi connectivity index (χ0v) is 13.6. The molecule has 0 heterocycles. The normalized spacial score (nSPS) is 11.2. The maximum Gasteiger partial charge on any atom is 0.132 e. The lowest BCUT2D eigenvalue weighted by atomic mass is 9.94. The van der Waals surface area contributed by atoms with Gasteiger partial charge in [0.2, 0.25) is 0 Å². The van der Waals surface area contributed by atoms with E-state index in [0.717, 1.165) is 27.6 Å². The van der Waals surface area contributed by atoms with E-state index in [-0.39, 0.29) is 5.75 Å². The van der Waals surface area contributed by atoms with Crippen molar-refractivity contribution in [1.29, 1.82) is 0 Å². The van der Waals surface area contributed by atoms with Crippen LogP contribution in [0.2, 0.25) is 0 Å². The smallest absolute Gasteiger partial charge is 0.132 e. The number of hydrogen-bond acceptors (Lipinski definition) is 2. The second-order valence-electron chi connectivity index (χ2n) is 5.87. The molecule has 0 aliphatic carbocycles. The molecule has 2 heteroatoms. The van der Waals surface area contributed by atoms with E-state index in [2.05, 4.69) is 11.1 Å². The number of rotatable bonds is 3. The Hall–Kier alpha value is -3.39. The second kappa shape index (κ2) is 6.62. The third kappa shape index (κ3) is 3.02. The maximum atomic E-state index is 10.9. The topological polar surface area (TPSA) is 32.6 Å². The molecule has 4 aromatic carbocycles. The summed E-state index contributed by atoms with van der Waals surface area (Å²) in [5, 5.41) is 13.0. The molecule has 1 N–H and O–H groups in total. The summed E-state index contributed by atoms with van der Waals surface area (Å²) >= 11 is 0. The van der Waals surface area contributed by atoms with E-state index >= 15 is 0 Å². The minimum Gasteiger partial charge on any atom is -0.507 e. The molecule has 2 nitrogen and oxygen atoms in total. The third-order valence-electron chi connectivity index (χ3n) is 4.22. The summed E-state index contributed by atoms with van der Waals surface area (Å²) in [6.07, 6.45) is 1.73. The highest BCUT2D eigenvalue weighted by atomic mass is 16.3. The first-order valence-corrected chi connectivity index (χ1v) is 8.22. The lowest BCUT2D eigenvalue weighted by Crippen LogP contribution is -1.89. The predicted molar refractivity (Wildman–Crippen MR) is 105 cm³/mol. The van der Waals surface area contributed by atoms with E-state index < -0.39 is 0 Å². The lowest BCUT2D eigenvalue weighted by Gasteiger charge is -2.12. The third-order valence-corrected chi connectivity index (χ3v) is 4.22. The molecule has 0 fully saturated rings. The Balaban J connectivity index is 1.92. The number of phenols is 1. The van der Waals surface area contributed by atoms with Gasteiger partial charge >= 0.3 is 0 Å². The Kier molecular flexibility index (Phi) is 4.01. The largest absolute Gasteiger partial charge is 0.507 e. The average molecular weight is 323 g/mol. The first kappa shape index (κ1) is 15.2. The van der Waals surface area contributed by atoms with E-state index in [1.165, 1.54) is 0 Å². The Morgan fingerprint density at radius 2 is 1.36 bits per heavy atom. The Labute approximate surface area is 146 Å². The molecular weight excluding hydrogens is 306 g/mol. The molecule has 0 atom stereocenters. The number of nitrogens with zero attached hydrogens (tertiary/aromatic N) is 1. The van der Waals surface area contributed by atoms with Crippen LogP contribution in [-0.2, 0) is 0 Å². The molecule has 0 amide bonds. The molecule has 0 aliphatic rings. The zero-order chi connectivity index (χ0) is 17.1. The fraction of sp³-hybridized carbons (Fsp3) is 0. The number of aromatic hydroxyl groups is 1. The van der Waals surface area contributed by atoms with E-state index in [1.54, 1.807) is 6.21 Å². The standard InChI is InChI=1S/C23H17NO/c25-23-19(16-24-20-12-5-2-6-13-20)15-18-11-7-8-14-21(18)22(23)17-9-3-1-4-10-17/h1-16,25H/b24-16+. The van der Waals surface area contributed by atoms with Gasteiger partial charge in [-0.3, -0.25) is 4.99 Å². The second-order valence-corrected chi connectivity index (χ2v) is 5.87. The fourth-order valence-corrected chi connectivity index (χ4v) is 3.01. The highest BCUT2D eigenvalue weighted by Crippen LogP contribution is 2.38. The quantitative estimate of drug-likeness (QED) is 0.463. The summed E-state index contributed by atoms with van der Waals surface area (Å²) in [4.78, 5) is 4.49. The molecule has 0 aliphatic heterocycles. The van der Waals surface area contributed by atoms with Crippen molar-refractivity contribution in [3.05, 3.63) is 96.6 Å². The van der Waals surface area contributed by atoms with Crippen molar-refractivity contribution in [1.82, 2.24) is 0 Å². The molecule has 4 aromatic rings. The number of phenolic OH excluding ortho intramolecular Hbond substituents is 1. The summed E-state index contributed by atoms with van der Waals surface area (Å²) < 4.78 is 0. The minimum atomic E-state index is 0.254. The van der Waals surface area contributed by atoms with Crippen LogP contribution >= 0.6 is 0 Å². The van der Waals surface area contributed by atoms with Crippen LogP contribution in [0, 0.1) is 0 Å². The predicted octanol–water partition coefficient (Wildman–Crippen LogP) is 5.96. The molecule has 0 saturated heterocycles. The molecule has 4 rings (SSSR count).